The van der Waals surface area contributed by atoms with Gasteiger partial charge >= 0.3 is 0 Å². The molecule has 0 bridgehead atoms. The van der Waals surface area contributed by atoms with Crippen molar-refractivity contribution in [2.75, 3.05) is 12.4 Å². The van der Waals surface area contributed by atoms with Crippen molar-refractivity contribution < 1.29 is 10.3 Å². The number of aliphatic hydroxyl groups excluding tert-OH is 1. The fourth-order valence-corrected chi connectivity index (χ4v) is 1.23. The molecule has 0 aromatic heterocycles. The monoisotopic (exact) mass is 163 g/mol. The zero-order chi connectivity index (χ0) is 7.82. The Labute approximate surface area is 65.1 Å². The van der Waals surface area contributed by atoms with Gasteiger partial charge in [0.1, 0.15) is 5.04 Å². The summed E-state index contributed by atoms with van der Waals surface area (Å²) >= 11 is 1.51. The third kappa shape index (κ3) is 4.64. The van der Waals surface area contributed by atoms with Crippen LogP contribution in [0.1, 0.15) is 19.8 Å². The van der Waals surface area contributed by atoms with Gasteiger partial charge in [0.25, 0.3) is 0 Å². The first kappa shape index (κ1) is 9.78. The SMILES string of the molecule is CCSC(CCCO)=NO. The van der Waals surface area contributed by atoms with Crippen LogP contribution in [0.3, 0.4) is 0 Å². The number of hydrogen-bond donors (Lipinski definition) is 2. The molecule has 10 heavy (non-hydrogen) atoms. The van der Waals surface area contributed by atoms with Crippen LogP contribution in [0.15, 0.2) is 5.16 Å². The summed E-state index contributed by atoms with van der Waals surface area (Å²) in [5.74, 6) is 0.908. The zero-order valence-corrected chi connectivity index (χ0v) is 6.89. The van der Waals surface area contributed by atoms with Gasteiger partial charge in [0.15, 0.2) is 0 Å². The first-order valence-corrected chi connectivity index (χ1v) is 4.28. The van der Waals surface area contributed by atoms with Crippen LogP contribution in [0, 0.1) is 0 Å². The van der Waals surface area contributed by atoms with Crippen molar-refractivity contribution >= 4 is 16.8 Å². The molecule has 0 aromatic carbocycles. The zero-order valence-electron chi connectivity index (χ0n) is 6.08. The van der Waals surface area contributed by atoms with Gasteiger partial charge in [0, 0.05) is 13.0 Å². The molecule has 0 aliphatic carbocycles. The van der Waals surface area contributed by atoms with Gasteiger partial charge in [-0.05, 0) is 12.2 Å². The van der Waals surface area contributed by atoms with Gasteiger partial charge in [-0.25, -0.2) is 0 Å². The number of hydrogen-bond acceptors (Lipinski definition) is 4. The Kier molecular flexibility index (Phi) is 6.74. The molecule has 0 saturated heterocycles. The first-order chi connectivity index (χ1) is 4.85. The summed E-state index contributed by atoms with van der Waals surface area (Å²) in [4.78, 5) is 0. The molecule has 0 fully saturated rings. The standard InChI is InChI=1S/C6H13NO2S/c1-2-10-6(7-9)4-3-5-8/h8-9H,2-5H2,1H3. The van der Waals surface area contributed by atoms with E-state index in [-0.39, 0.29) is 6.61 Å². The Balaban J connectivity index is 3.41. The van der Waals surface area contributed by atoms with Gasteiger partial charge in [-0.3, -0.25) is 0 Å². The molecule has 0 aromatic rings. The van der Waals surface area contributed by atoms with Crippen LogP contribution in [0.25, 0.3) is 0 Å². The Bertz CT molecular complexity index is 106. The molecule has 0 aliphatic rings. The van der Waals surface area contributed by atoms with E-state index in [9.17, 15) is 0 Å². The Hall–Kier alpha value is -0.220. The molecule has 60 valence electrons. The number of thioether (sulfide) groups is 1. The third-order valence-electron chi connectivity index (χ3n) is 0.971. The summed E-state index contributed by atoms with van der Waals surface area (Å²) in [6.07, 6.45) is 1.35. The summed E-state index contributed by atoms with van der Waals surface area (Å²) < 4.78 is 0. The topological polar surface area (TPSA) is 52.8 Å². The molecule has 0 radical (unpaired) electrons. The van der Waals surface area contributed by atoms with E-state index >= 15 is 0 Å². The van der Waals surface area contributed by atoms with Crippen molar-refractivity contribution in [2.45, 2.75) is 19.8 Å². The van der Waals surface area contributed by atoms with Gasteiger partial charge in [0.05, 0.1) is 0 Å². The van der Waals surface area contributed by atoms with Crippen LogP contribution < -0.4 is 0 Å². The lowest BCUT2D eigenvalue weighted by molar-refractivity contribution is 0.289. The highest BCUT2D eigenvalue weighted by molar-refractivity contribution is 8.13. The normalized spacial score (nSPS) is 12.0. The molecule has 0 amide bonds. The van der Waals surface area contributed by atoms with Crippen LogP contribution in [0.5, 0.6) is 0 Å². The average molecular weight is 163 g/mol. The largest absolute Gasteiger partial charge is 0.410 e. The lowest BCUT2D eigenvalue weighted by atomic mass is 10.3. The van der Waals surface area contributed by atoms with E-state index in [2.05, 4.69) is 5.16 Å². The van der Waals surface area contributed by atoms with E-state index in [1.54, 1.807) is 0 Å². The third-order valence-corrected chi connectivity index (χ3v) is 1.88. The Morgan fingerprint density at radius 2 is 2.30 bits per heavy atom. The molecule has 2 N–H and O–H groups in total. The van der Waals surface area contributed by atoms with E-state index in [4.69, 9.17) is 10.3 Å². The van der Waals surface area contributed by atoms with Crippen molar-refractivity contribution in [3.05, 3.63) is 0 Å². The van der Waals surface area contributed by atoms with E-state index in [1.807, 2.05) is 6.92 Å². The molecule has 0 heterocycles. The van der Waals surface area contributed by atoms with Crippen LogP contribution >= 0.6 is 11.8 Å². The minimum Gasteiger partial charge on any atom is -0.410 e. The fourth-order valence-electron chi connectivity index (χ4n) is 0.548. The van der Waals surface area contributed by atoms with Gasteiger partial charge in [-0.15, -0.1) is 11.8 Å². The molecule has 0 rings (SSSR count). The van der Waals surface area contributed by atoms with Crippen molar-refractivity contribution in [3.63, 3.8) is 0 Å². The molecule has 0 atom stereocenters. The fraction of sp³-hybridized carbons (Fsp3) is 0.833. The summed E-state index contributed by atoms with van der Waals surface area (Å²) in [7, 11) is 0. The lowest BCUT2D eigenvalue weighted by Gasteiger charge is -1.98. The predicted octanol–water partition coefficient (Wildman–Crippen LogP) is 1.30. The first-order valence-electron chi connectivity index (χ1n) is 3.29. The van der Waals surface area contributed by atoms with Gasteiger partial charge in [0.2, 0.25) is 0 Å². The maximum atomic E-state index is 8.43. The van der Waals surface area contributed by atoms with Crippen LogP contribution in [-0.4, -0.2) is 27.7 Å². The van der Waals surface area contributed by atoms with Crippen LogP contribution in [0.2, 0.25) is 0 Å². The smallest absolute Gasteiger partial charge is 0.112 e. The molecule has 4 heteroatoms. The van der Waals surface area contributed by atoms with Gasteiger partial charge in [-0.1, -0.05) is 12.1 Å². The van der Waals surface area contributed by atoms with E-state index in [0.29, 0.717) is 17.9 Å². The van der Waals surface area contributed by atoms with Crippen molar-refractivity contribution in [3.8, 4) is 0 Å². The second kappa shape index (κ2) is 6.89. The minimum atomic E-state index is 0.156. The summed E-state index contributed by atoms with van der Waals surface area (Å²) in [5, 5.41) is 20.6. The second-order valence-electron chi connectivity index (χ2n) is 1.75. The highest BCUT2D eigenvalue weighted by Gasteiger charge is 1.97. The molecule has 0 aliphatic heterocycles. The molecule has 0 spiro atoms. The highest BCUT2D eigenvalue weighted by atomic mass is 32.2. The van der Waals surface area contributed by atoms with E-state index in [0.717, 1.165) is 5.75 Å². The molecule has 0 saturated carbocycles. The van der Waals surface area contributed by atoms with Crippen LogP contribution in [0.4, 0.5) is 0 Å². The summed E-state index contributed by atoms with van der Waals surface area (Å²) in [5.41, 5.74) is 0. The van der Waals surface area contributed by atoms with Gasteiger partial charge < -0.3 is 10.3 Å². The Morgan fingerprint density at radius 1 is 1.60 bits per heavy atom. The number of nitrogens with zero attached hydrogens (tertiary/aromatic N) is 1. The molecule has 3 nitrogen and oxygen atoms in total. The van der Waals surface area contributed by atoms with Crippen molar-refractivity contribution in [1.29, 1.82) is 0 Å². The minimum absolute atomic E-state index is 0.156. The molecule has 0 unspecified atom stereocenters. The second-order valence-corrected chi connectivity index (χ2v) is 3.09. The lowest BCUT2D eigenvalue weighted by Crippen LogP contribution is -1.95. The maximum absolute atomic E-state index is 8.43. The molecular formula is C6H13NO2S. The van der Waals surface area contributed by atoms with Crippen molar-refractivity contribution in [2.24, 2.45) is 5.16 Å². The maximum Gasteiger partial charge on any atom is 0.112 e. The predicted molar refractivity (Wildman–Crippen MR) is 43.7 cm³/mol. The number of aliphatic hydroxyl groups is 1. The summed E-state index contributed by atoms with van der Waals surface area (Å²) in [6, 6.07) is 0. The number of rotatable bonds is 4. The van der Waals surface area contributed by atoms with Gasteiger partial charge in [-0.2, -0.15) is 0 Å². The quantitative estimate of drug-likeness (QED) is 0.284. The van der Waals surface area contributed by atoms with E-state index in [1.165, 1.54) is 11.8 Å². The average Bonchev–Trinajstić information content (AvgIpc) is 1.98. The highest BCUT2D eigenvalue weighted by Crippen LogP contribution is 2.07. The summed E-state index contributed by atoms with van der Waals surface area (Å²) in [6.45, 7) is 2.15. The number of oxime groups is 1. The molecular weight excluding hydrogens is 150 g/mol. The van der Waals surface area contributed by atoms with Crippen molar-refractivity contribution in [1.82, 2.24) is 0 Å². The van der Waals surface area contributed by atoms with Crippen LogP contribution in [-0.2, 0) is 0 Å². The Morgan fingerprint density at radius 3 is 2.70 bits per heavy atom. The van der Waals surface area contributed by atoms with E-state index < -0.39 is 0 Å².